The Morgan fingerprint density at radius 3 is 1.93 bits per heavy atom. The Morgan fingerprint density at radius 1 is 1.21 bits per heavy atom. The molecule has 1 N–H and O–H groups in total. The van der Waals surface area contributed by atoms with Crippen LogP contribution in [0.15, 0.2) is 0 Å². The highest BCUT2D eigenvalue weighted by Crippen LogP contribution is 2.08. The summed E-state index contributed by atoms with van der Waals surface area (Å²) in [5, 5.41) is 2.77. The minimum Gasteiger partial charge on any atom is -0.444 e. The smallest absolute Gasteiger partial charge is 0.407 e. The van der Waals surface area contributed by atoms with Gasteiger partial charge in [-0.05, 0) is 33.6 Å². The third kappa shape index (κ3) is 8.23. The normalized spacial score (nSPS) is 13.1. The van der Waals surface area contributed by atoms with E-state index in [1.54, 1.807) is 0 Å². The van der Waals surface area contributed by atoms with Crippen molar-refractivity contribution in [1.29, 1.82) is 0 Å². The van der Waals surface area contributed by atoms with E-state index in [1.165, 1.54) is 0 Å². The zero-order chi connectivity index (χ0) is 10.6. The number of carbonyl (C=O) groups excluding carboxylic acids is 1. The minimum atomic E-state index is -0.416. The van der Waals surface area contributed by atoms with Crippen molar-refractivity contribution in [2.24, 2.45) is 5.92 Å². The van der Waals surface area contributed by atoms with Crippen molar-refractivity contribution in [3.05, 3.63) is 0 Å². The second kappa shape index (κ2) is 6.17. The molecule has 0 aromatic carbocycles. The molecule has 0 bridgehead atoms. The molecule has 0 radical (unpaired) electrons. The lowest BCUT2D eigenvalue weighted by atomic mass is 10.1. The van der Waals surface area contributed by atoms with Gasteiger partial charge in [0.15, 0.2) is 0 Å². The van der Waals surface area contributed by atoms with Gasteiger partial charge in [-0.2, -0.15) is 13.5 Å². The van der Waals surface area contributed by atoms with Crippen LogP contribution in [0, 0.1) is 5.92 Å². The van der Waals surface area contributed by atoms with Gasteiger partial charge in [-0.25, -0.2) is 4.79 Å². The van der Waals surface area contributed by atoms with Crippen LogP contribution in [0.5, 0.6) is 0 Å². The van der Waals surface area contributed by atoms with Gasteiger partial charge in [-0.1, -0.05) is 13.8 Å². The molecule has 86 valence electrons. The third-order valence-electron chi connectivity index (χ3n) is 1.74. The molecule has 0 aromatic rings. The lowest BCUT2D eigenvalue weighted by Gasteiger charge is -2.23. The molecular formula is C10H23NO2S. The molecule has 4 heteroatoms. The van der Waals surface area contributed by atoms with E-state index >= 15 is 0 Å². The summed E-state index contributed by atoms with van der Waals surface area (Å²) in [5.74, 6) is 0.424. The molecule has 3 nitrogen and oxygen atoms in total. The van der Waals surface area contributed by atoms with Crippen LogP contribution in [0.1, 0.15) is 41.5 Å². The Balaban J connectivity index is 0. The molecule has 0 rings (SSSR count). The first-order chi connectivity index (χ1) is 5.72. The predicted molar refractivity (Wildman–Crippen MR) is 64.1 cm³/mol. The first kappa shape index (κ1) is 16.1. The molecule has 14 heavy (non-hydrogen) atoms. The van der Waals surface area contributed by atoms with Crippen LogP contribution in [0.4, 0.5) is 4.79 Å². The Kier molecular flexibility index (Phi) is 7.08. The molecule has 1 atom stereocenters. The molecule has 1 unspecified atom stereocenters. The molecule has 0 spiro atoms. The number of nitrogens with one attached hydrogen (secondary N) is 1. The van der Waals surface area contributed by atoms with Gasteiger partial charge in [0.05, 0.1) is 0 Å². The van der Waals surface area contributed by atoms with Crippen molar-refractivity contribution in [3.8, 4) is 0 Å². The maximum Gasteiger partial charge on any atom is 0.407 e. The maximum absolute atomic E-state index is 11.2. The van der Waals surface area contributed by atoms with Crippen LogP contribution in [0.3, 0.4) is 0 Å². The fraction of sp³-hybridized carbons (Fsp3) is 0.900. The topological polar surface area (TPSA) is 38.3 Å². The summed E-state index contributed by atoms with van der Waals surface area (Å²) in [6, 6.07) is 0.148. The largest absolute Gasteiger partial charge is 0.444 e. The van der Waals surface area contributed by atoms with Gasteiger partial charge in [-0.3, -0.25) is 0 Å². The van der Waals surface area contributed by atoms with Crippen molar-refractivity contribution in [2.75, 3.05) is 0 Å². The fourth-order valence-electron chi connectivity index (χ4n) is 0.660. The van der Waals surface area contributed by atoms with Crippen LogP contribution in [-0.2, 0) is 4.74 Å². The van der Waals surface area contributed by atoms with Gasteiger partial charge in [0.1, 0.15) is 5.60 Å². The number of alkyl carbamates (subject to hydrolysis) is 1. The van der Waals surface area contributed by atoms with Crippen LogP contribution in [0.25, 0.3) is 0 Å². The van der Waals surface area contributed by atoms with Gasteiger partial charge < -0.3 is 10.1 Å². The van der Waals surface area contributed by atoms with E-state index in [2.05, 4.69) is 19.2 Å². The van der Waals surface area contributed by atoms with E-state index in [4.69, 9.17) is 4.74 Å². The van der Waals surface area contributed by atoms with E-state index < -0.39 is 5.60 Å². The lowest BCUT2D eigenvalue weighted by molar-refractivity contribution is 0.0496. The van der Waals surface area contributed by atoms with Crippen molar-refractivity contribution >= 4 is 19.6 Å². The molecule has 0 saturated heterocycles. The van der Waals surface area contributed by atoms with E-state index in [0.29, 0.717) is 5.92 Å². The first-order valence-corrected chi connectivity index (χ1v) is 4.72. The molecule has 0 aliphatic heterocycles. The Morgan fingerprint density at radius 2 is 1.64 bits per heavy atom. The van der Waals surface area contributed by atoms with Gasteiger partial charge in [-0.15, -0.1) is 0 Å². The van der Waals surface area contributed by atoms with E-state index in [1.807, 2.05) is 27.7 Å². The fourth-order valence-corrected chi connectivity index (χ4v) is 0.660. The highest BCUT2D eigenvalue weighted by molar-refractivity contribution is 7.59. The number of hydrogen-bond acceptors (Lipinski definition) is 2. The summed E-state index contributed by atoms with van der Waals surface area (Å²) in [7, 11) is 0. The second-order valence-electron chi connectivity index (χ2n) is 4.68. The van der Waals surface area contributed by atoms with Crippen molar-refractivity contribution in [2.45, 2.75) is 53.2 Å². The van der Waals surface area contributed by atoms with E-state index in [9.17, 15) is 4.79 Å². The second-order valence-corrected chi connectivity index (χ2v) is 4.68. The number of carbonyl (C=O) groups is 1. The SMILES string of the molecule is CC(C)C(C)NC(=O)OC(C)(C)C.S. The quantitative estimate of drug-likeness (QED) is 0.778. The summed E-state index contributed by atoms with van der Waals surface area (Å²) >= 11 is 0. The number of amides is 1. The molecule has 0 fully saturated rings. The highest BCUT2D eigenvalue weighted by Gasteiger charge is 2.18. The van der Waals surface area contributed by atoms with Crippen LogP contribution >= 0.6 is 13.5 Å². The van der Waals surface area contributed by atoms with Crippen molar-refractivity contribution in [3.63, 3.8) is 0 Å². The summed E-state index contributed by atoms with van der Waals surface area (Å²) < 4.78 is 5.11. The van der Waals surface area contributed by atoms with E-state index in [0.717, 1.165) is 0 Å². The first-order valence-electron chi connectivity index (χ1n) is 4.72. The Bertz CT molecular complexity index is 175. The zero-order valence-electron chi connectivity index (χ0n) is 9.97. The molecule has 1 amide bonds. The van der Waals surface area contributed by atoms with Gasteiger partial charge >= 0.3 is 6.09 Å². The lowest BCUT2D eigenvalue weighted by Crippen LogP contribution is -2.39. The van der Waals surface area contributed by atoms with Gasteiger partial charge in [0.25, 0.3) is 0 Å². The van der Waals surface area contributed by atoms with Crippen LogP contribution in [0.2, 0.25) is 0 Å². The maximum atomic E-state index is 11.2. The summed E-state index contributed by atoms with van der Waals surface area (Å²) in [6.45, 7) is 11.6. The van der Waals surface area contributed by atoms with E-state index in [-0.39, 0.29) is 25.6 Å². The third-order valence-corrected chi connectivity index (χ3v) is 1.74. The van der Waals surface area contributed by atoms with Crippen molar-refractivity contribution in [1.82, 2.24) is 5.32 Å². The highest BCUT2D eigenvalue weighted by atomic mass is 32.1. The molecule has 0 heterocycles. The molecule has 0 aliphatic carbocycles. The summed E-state index contributed by atoms with van der Waals surface area (Å²) in [5.41, 5.74) is -0.416. The van der Waals surface area contributed by atoms with Gasteiger partial charge in [0, 0.05) is 6.04 Å². The predicted octanol–water partition coefficient (Wildman–Crippen LogP) is 2.67. The molecule has 0 aliphatic rings. The van der Waals surface area contributed by atoms with Gasteiger partial charge in [0.2, 0.25) is 0 Å². The van der Waals surface area contributed by atoms with Crippen molar-refractivity contribution < 1.29 is 9.53 Å². The number of hydrogen-bond donors (Lipinski definition) is 1. The summed E-state index contributed by atoms with van der Waals surface area (Å²) in [6.07, 6.45) is -0.339. The number of ether oxygens (including phenoxy) is 1. The number of rotatable bonds is 2. The monoisotopic (exact) mass is 221 g/mol. The average Bonchev–Trinajstić information content (AvgIpc) is 1.81. The standard InChI is InChI=1S/C10H21NO2.H2S/c1-7(2)8(3)11-9(12)13-10(4,5)6;/h7-8H,1-6H3,(H,11,12);1H2. The van der Waals surface area contributed by atoms with Crippen LogP contribution < -0.4 is 5.32 Å². The zero-order valence-corrected chi connectivity index (χ0v) is 11.0. The van der Waals surface area contributed by atoms with Crippen LogP contribution in [-0.4, -0.2) is 17.7 Å². The molecular weight excluding hydrogens is 198 g/mol. The summed E-state index contributed by atoms with van der Waals surface area (Å²) in [4.78, 5) is 11.2. The minimum absolute atomic E-state index is 0. The average molecular weight is 221 g/mol. The molecule has 0 saturated carbocycles. The Hall–Kier alpha value is -0.380. The Labute approximate surface area is 94.0 Å². The molecule has 0 aromatic heterocycles.